The maximum absolute atomic E-state index is 13.1. The Morgan fingerprint density at radius 2 is 1.42 bits per heavy atom. The summed E-state index contributed by atoms with van der Waals surface area (Å²) in [7, 11) is 1.48. The molecule has 0 aliphatic carbocycles. The molecule has 38 heavy (non-hydrogen) atoms. The summed E-state index contributed by atoms with van der Waals surface area (Å²) in [5, 5.41) is 7.03. The number of nitrogens with zero attached hydrogens (tertiary/aromatic N) is 2. The Labute approximate surface area is 210 Å². The highest BCUT2D eigenvalue weighted by Crippen LogP contribution is 2.41. The van der Waals surface area contributed by atoms with Crippen LogP contribution in [0.2, 0.25) is 0 Å². The number of rotatable bonds is 4. The molecule has 0 aliphatic heterocycles. The molecule has 4 aromatic rings. The lowest BCUT2D eigenvalue weighted by Gasteiger charge is -2.17. The Morgan fingerprint density at radius 3 is 2.05 bits per heavy atom. The van der Waals surface area contributed by atoms with E-state index < -0.39 is 35.2 Å². The Kier molecular flexibility index (Phi) is 6.94. The minimum absolute atomic E-state index is 0.218. The van der Waals surface area contributed by atoms with Crippen LogP contribution in [0.15, 0.2) is 66.9 Å². The minimum atomic E-state index is -5.28. The summed E-state index contributed by atoms with van der Waals surface area (Å²) in [6.07, 6.45) is -8.96. The molecule has 0 fully saturated rings. The van der Waals surface area contributed by atoms with E-state index in [9.17, 15) is 35.9 Å². The molecule has 2 heterocycles. The molecular formula is C25H17F6N5O2. The minimum Gasteiger partial charge on any atom is -0.355 e. The van der Waals surface area contributed by atoms with Gasteiger partial charge in [-0.1, -0.05) is 12.1 Å². The van der Waals surface area contributed by atoms with Gasteiger partial charge in [0.25, 0.3) is 5.91 Å². The van der Waals surface area contributed by atoms with Crippen molar-refractivity contribution in [1.29, 1.82) is 0 Å². The number of hydrogen-bond donors (Lipinski definition) is 3. The number of carbonyl (C=O) groups is 2. The fraction of sp³-hybridized carbons (Fsp3) is 0.120. The van der Waals surface area contributed by atoms with Gasteiger partial charge >= 0.3 is 18.4 Å². The van der Waals surface area contributed by atoms with Crippen molar-refractivity contribution < 1.29 is 35.9 Å². The summed E-state index contributed by atoms with van der Waals surface area (Å²) in [4.78, 5) is 33.3. The maximum atomic E-state index is 13.1. The normalized spacial score (nSPS) is 11.8. The first-order chi connectivity index (χ1) is 17.9. The molecular weight excluding hydrogens is 516 g/mol. The third kappa shape index (κ3) is 5.66. The summed E-state index contributed by atoms with van der Waals surface area (Å²) in [5.74, 6) is -0.357. The Morgan fingerprint density at radius 1 is 0.789 bits per heavy atom. The number of aromatic nitrogens is 2. The first kappa shape index (κ1) is 26.4. The molecule has 0 saturated heterocycles. The van der Waals surface area contributed by atoms with Crippen LogP contribution in [0.4, 0.5) is 42.5 Å². The van der Waals surface area contributed by atoms with Gasteiger partial charge in [0.15, 0.2) is 0 Å². The number of hydrogen-bond acceptors (Lipinski definition) is 4. The predicted octanol–water partition coefficient (Wildman–Crippen LogP) is 6.34. The fourth-order valence-corrected chi connectivity index (χ4v) is 3.64. The van der Waals surface area contributed by atoms with Crippen LogP contribution in [-0.2, 0) is 12.4 Å². The molecule has 0 saturated carbocycles. The van der Waals surface area contributed by atoms with Crippen molar-refractivity contribution in [3.8, 4) is 11.3 Å². The SMILES string of the molecule is CNC(=O)c1cc(-c2ccc(NC(=O)Nc3ccc(C(F)(F)F)c(C(F)(F)F)c3)cc2)nc2cccnc12. The zero-order chi connectivity index (χ0) is 27.7. The number of fused-ring (bicyclic) bond motifs is 1. The molecule has 3 amide bonds. The van der Waals surface area contributed by atoms with Crippen LogP contribution in [0.3, 0.4) is 0 Å². The molecule has 0 radical (unpaired) electrons. The predicted molar refractivity (Wildman–Crippen MR) is 127 cm³/mol. The number of halogens is 6. The Hall–Kier alpha value is -4.68. The van der Waals surface area contributed by atoms with Crippen LogP contribution < -0.4 is 16.0 Å². The molecule has 2 aromatic heterocycles. The van der Waals surface area contributed by atoms with Crippen LogP contribution in [0.25, 0.3) is 22.3 Å². The molecule has 7 nitrogen and oxygen atoms in total. The van der Waals surface area contributed by atoms with E-state index >= 15 is 0 Å². The molecule has 0 atom stereocenters. The number of nitrogens with one attached hydrogen (secondary N) is 3. The van der Waals surface area contributed by atoms with Crippen molar-refractivity contribution >= 4 is 34.3 Å². The van der Waals surface area contributed by atoms with Gasteiger partial charge in [0.05, 0.1) is 27.9 Å². The van der Waals surface area contributed by atoms with Crippen LogP contribution >= 0.6 is 0 Å². The molecule has 0 aliphatic rings. The summed E-state index contributed by atoms with van der Waals surface area (Å²) >= 11 is 0. The van der Waals surface area contributed by atoms with Gasteiger partial charge < -0.3 is 16.0 Å². The number of carbonyl (C=O) groups excluding carboxylic acids is 2. The van der Waals surface area contributed by atoms with Crippen molar-refractivity contribution in [2.24, 2.45) is 0 Å². The number of urea groups is 1. The zero-order valence-electron chi connectivity index (χ0n) is 19.3. The van der Waals surface area contributed by atoms with Gasteiger partial charge in [-0.2, -0.15) is 26.3 Å². The summed E-state index contributed by atoms with van der Waals surface area (Å²) in [6, 6.07) is 11.3. The van der Waals surface area contributed by atoms with Crippen molar-refractivity contribution in [2.45, 2.75) is 12.4 Å². The van der Waals surface area contributed by atoms with E-state index in [1.165, 1.54) is 25.4 Å². The highest BCUT2D eigenvalue weighted by molar-refractivity contribution is 6.05. The molecule has 0 bridgehead atoms. The van der Waals surface area contributed by atoms with Gasteiger partial charge in [-0.25, -0.2) is 9.78 Å². The molecule has 196 valence electrons. The second-order valence-corrected chi connectivity index (χ2v) is 7.92. The monoisotopic (exact) mass is 533 g/mol. The van der Waals surface area contributed by atoms with E-state index in [0.29, 0.717) is 27.9 Å². The molecule has 0 unspecified atom stereocenters. The Bertz CT molecular complexity index is 1520. The quantitative estimate of drug-likeness (QED) is 0.267. The highest BCUT2D eigenvalue weighted by atomic mass is 19.4. The van der Waals surface area contributed by atoms with Crippen molar-refractivity contribution in [1.82, 2.24) is 15.3 Å². The number of anilines is 2. The first-order valence-corrected chi connectivity index (χ1v) is 10.8. The highest BCUT2D eigenvalue weighted by Gasteiger charge is 2.43. The summed E-state index contributed by atoms with van der Waals surface area (Å²) in [5.41, 5.74) is -1.76. The second-order valence-electron chi connectivity index (χ2n) is 7.92. The number of amides is 3. The van der Waals surface area contributed by atoms with Crippen LogP contribution in [0, 0.1) is 0 Å². The van der Waals surface area contributed by atoms with Crippen LogP contribution in [0.1, 0.15) is 21.5 Å². The Balaban J connectivity index is 1.53. The van der Waals surface area contributed by atoms with E-state index in [1.807, 2.05) is 0 Å². The summed E-state index contributed by atoms with van der Waals surface area (Å²) in [6.45, 7) is 0. The average molecular weight is 533 g/mol. The lowest BCUT2D eigenvalue weighted by molar-refractivity contribution is -0.162. The van der Waals surface area contributed by atoms with Gasteiger partial charge in [-0.05, 0) is 48.5 Å². The maximum Gasteiger partial charge on any atom is 0.417 e. The van der Waals surface area contributed by atoms with Gasteiger partial charge in [0.1, 0.15) is 5.52 Å². The van der Waals surface area contributed by atoms with E-state index in [4.69, 9.17) is 0 Å². The molecule has 2 aromatic carbocycles. The second kappa shape index (κ2) is 10.00. The van der Waals surface area contributed by atoms with Crippen LogP contribution in [-0.4, -0.2) is 29.0 Å². The molecule has 0 spiro atoms. The van der Waals surface area contributed by atoms with E-state index in [0.717, 1.165) is 6.07 Å². The standard InChI is InChI=1S/C25H17F6N5O2/c1-32-22(37)16-12-20(36-19-3-2-10-33-21(16)19)13-4-6-14(7-5-13)34-23(38)35-15-8-9-17(24(26,27)28)18(11-15)25(29,30)31/h2-12H,1H3,(H,32,37)(H2,34,35,38). The third-order valence-corrected chi connectivity index (χ3v) is 5.36. The lowest BCUT2D eigenvalue weighted by atomic mass is 10.1. The lowest BCUT2D eigenvalue weighted by Crippen LogP contribution is -2.21. The zero-order valence-corrected chi connectivity index (χ0v) is 19.3. The molecule has 13 heteroatoms. The van der Waals surface area contributed by atoms with Gasteiger partial charge in [-0.3, -0.25) is 9.78 Å². The summed E-state index contributed by atoms with van der Waals surface area (Å²) < 4.78 is 78.2. The number of benzene rings is 2. The number of pyridine rings is 2. The molecule has 4 rings (SSSR count). The van der Waals surface area contributed by atoms with E-state index in [2.05, 4.69) is 25.9 Å². The fourth-order valence-electron chi connectivity index (χ4n) is 3.64. The largest absolute Gasteiger partial charge is 0.417 e. The van der Waals surface area contributed by atoms with Gasteiger partial charge in [-0.15, -0.1) is 0 Å². The topological polar surface area (TPSA) is 96.0 Å². The van der Waals surface area contributed by atoms with Gasteiger partial charge in [0.2, 0.25) is 0 Å². The van der Waals surface area contributed by atoms with Crippen molar-refractivity contribution in [3.63, 3.8) is 0 Å². The van der Waals surface area contributed by atoms with E-state index in [-0.39, 0.29) is 23.7 Å². The van der Waals surface area contributed by atoms with Crippen LogP contribution in [0.5, 0.6) is 0 Å². The first-order valence-electron chi connectivity index (χ1n) is 10.8. The third-order valence-electron chi connectivity index (χ3n) is 5.36. The van der Waals surface area contributed by atoms with E-state index in [1.54, 1.807) is 30.3 Å². The smallest absolute Gasteiger partial charge is 0.355 e. The number of alkyl halides is 6. The van der Waals surface area contributed by atoms with Crippen molar-refractivity contribution in [3.05, 3.63) is 83.6 Å². The molecule has 3 N–H and O–H groups in total. The average Bonchev–Trinajstić information content (AvgIpc) is 2.86. The van der Waals surface area contributed by atoms with Gasteiger partial charge in [0, 0.05) is 30.2 Å². The van der Waals surface area contributed by atoms with Crippen molar-refractivity contribution in [2.75, 3.05) is 17.7 Å².